The summed E-state index contributed by atoms with van der Waals surface area (Å²) in [5.74, 6) is -0.0165. The fourth-order valence-electron chi connectivity index (χ4n) is 1.66. The quantitative estimate of drug-likeness (QED) is 0.885. The summed E-state index contributed by atoms with van der Waals surface area (Å²) in [6.07, 6.45) is 2.46. The van der Waals surface area contributed by atoms with E-state index in [1.54, 1.807) is 13.1 Å². The van der Waals surface area contributed by atoms with Crippen LogP contribution in [-0.2, 0) is 23.0 Å². The van der Waals surface area contributed by atoms with E-state index in [4.69, 9.17) is 0 Å². The van der Waals surface area contributed by atoms with Gasteiger partial charge in [-0.1, -0.05) is 13.0 Å². The number of rotatable bonds is 5. The summed E-state index contributed by atoms with van der Waals surface area (Å²) in [6, 6.07) is 3.82. The van der Waals surface area contributed by atoms with Crippen molar-refractivity contribution in [3.05, 3.63) is 47.3 Å². The highest BCUT2D eigenvalue weighted by Crippen LogP contribution is 2.14. The molecule has 0 unspecified atom stereocenters. The van der Waals surface area contributed by atoms with Crippen molar-refractivity contribution in [1.29, 1.82) is 0 Å². The van der Waals surface area contributed by atoms with Gasteiger partial charge in [0, 0.05) is 11.9 Å². The molecule has 20 heavy (non-hydrogen) atoms. The number of hydrogen-bond acceptors (Lipinski definition) is 3. The smallest absolute Gasteiger partial charge is 0.241 e. The van der Waals surface area contributed by atoms with Crippen LogP contribution in [0, 0.1) is 12.7 Å². The van der Waals surface area contributed by atoms with Crippen LogP contribution in [0.15, 0.2) is 29.3 Å². The molecule has 0 amide bonds. The molecule has 0 radical (unpaired) electrons. The Bertz CT molecular complexity index is 710. The van der Waals surface area contributed by atoms with Crippen molar-refractivity contribution in [3.63, 3.8) is 0 Å². The second-order valence-electron chi connectivity index (χ2n) is 4.44. The van der Waals surface area contributed by atoms with Gasteiger partial charge in [0.05, 0.1) is 11.4 Å². The lowest BCUT2D eigenvalue weighted by Crippen LogP contribution is -2.24. The van der Waals surface area contributed by atoms with Crippen LogP contribution in [-0.4, -0.2) is 18.4 Å². The topological polar surface area (TPSA) is 74.8 Å². The minimum absolute atomic E-state index is 0.0395. The van der Waals surface area contributed by atoms with Crippen LogP contribution in [0.2, 0.25) is 0 Å². The average Bonchev–Trinajstić information content (AvgIpc) is 2.87. The summed E-state index contributed by atoms with van der Waals surface area (Å²) >= 11 is 0. The number of aryl methyl sites for hydroxylation is 2. The number of nitrogens with zero attached hydrogens (tertiary/aromatic N) is 1. The molecule has 0 aliphatic rings. The molecule has 0 aliphatic carbocycles. The van der Waals surface area contributed by atoms with Crippen molar-refractivity contribution in [2.45, 2.75) is 31.7 Å². The minimum atomic E-state index is -3.75. The maximum absolute atomic E-state index is 13.4. The van der Waals surface area contributed by atoms with E-state index in [1.807, 2.05) is 6.92 Å². The highest BCUT2D eigenvalue weighted by molar-refractivity contribution is 7.89. The summed E-state index contributed by atoms with van der Waals surface area (Å²) < 4.78 is 39.9. The van der Waals surface area contributed by atoms with Crippen LogP contribution in [0.3, 0.4) is 0 Å². The molecule has 2 rings (SSSR count). The van der Waals surface area contributed by atoms with Crippen LogP contribution < -0.4 is 4.72 Å². The lowest BCUT2D eigenvalue weighted by molar-refractivity contribution is 0.575. The molecule has 2 N–H and O–H groups in total. The van der Waals surface area contributed by atoms with E-state index in [2.05, 4.69) is 14.7 Å². The molecule has 0 fully saturated rings. The first-order valence-corrected chi connectivity index (χ1v) is 7.69. The normalized spacial score (nSPS) is 11.8. The van der Waals surface area contributed by atoms with E-state index < -0.39 is 15.8 Å². The van der Waals surface area contributed by atoms with Crippen molar-refractivity contribution in [2.75, 3.05) is 0 Å². The Labute approximate surface area is 117 Å². The van der Waals surface area contributed by atoms with Gasteiger partial charge < -0.3 is 4.98 Å². The number of benzene rings is 1. The van der Waals surface area contributed by atoms with Crippen molar-refractivity contribution >= 4 is 10.0 Å². The summed E-state index contributed by atoms with van der Waals surface area (Å²) in [4.78, 5) is 6.96. The zero-order valence-corrected chi connectivity index (χ0v) is 12.1. The Morgan fingerprint density at radius 2 is 2.15 bits per heavy atom. The summed E-state index contributed by atoms with van der Waals surface area (Å²) in [5, 5.41) is 0. The average molecular weight is 297 g/mol. The third-order valence-electron chi connectivity index (χ3n) is 2.95. The highest BCUT2D eigenvalue weighted by atomic mass is 32.2. The largest absolute Gasteiger partial charge is 0.345 e. The first-order chi connectivity index (χ1) is 9.42. The predicted octanol–water partition coefficient (Wildman–Crippen LogP) is 1.90. The van der Waals surface area contributed by atoms with Crippen molar-refractivity contribution in [3.8, 4) is 0 Å². The molecule has 5 nitrogen and oxygen atoms in total. The molecule has 2 aromatic rings. The molecule has 0 atom stereocenters. The summed E-state index contributed by atoms with van der Waals surface area (Å²) in [5.41, 5.74) is 1.34. The van der Waals surface area contributed by atoms with Gasteiger partial charge in [0.2, 0.25) is 10.0 Å². The second-order valence-corrected chi connectivity index (χ2v) is 6.21. The number of H-pyrrole nitrogens is 1. The minimum Gasteiger partial charge on any atom is -0.345 e. The van der Waals surface area contributed by atoms with Gasteiger partial charge in [-0.05, 0) is 31.0 Å². The fraction of sp³-hybridized carbons (Fsp3) is 0.308. The molecule has 1 aromatic heterocycles. The standard InChI is InChI=1S/C13H16FN3O2S/c1-3-10-7-15-13(17-10)8-16-20(18,19)11-5-4-9(2)12(14)6-11/h4-7,16H,3,8H2,1-2H3,(H,15,17). The van der Waals surface area contributed by atoms with E-state index in [9.17, 15) is 12.8 Å². The van der Waals surface area contributed by atoms with E-state index in [-0.39, 0.29) is 11.4 Å². The fourth-order valence-corrected chi connectivity index (χ4v) is 2.66. The molecule has 108 valence electrons. The number of imidazole rings is 1. The first-order valence-electron chi connectivity index (χ1n) is 6.21. The Morgan fingerprint density at radius 3 is 2.75 bits per heavy atom. The lowest BCUT2D eigenvalue weighted by atomic mass is 10.2. The van der Waals surface area contributed by atoms with Crippen molar-refractivity contribution in [2.24, 2.45) is 0 Å². The van der Waals surface area contributed by atoms with E-state index in [0.29, 0.717) is 11.4 Å². The number of sulfonamides is 1. The van der Waals surface area contributed by atoms with Gasteiger partial charge in [0.25, 0.3) is 0 Å². The van der Waals surface area contributed by atoms with E-state index in [0.717, 1.165) is 18.2 Å². The van der Waals surface area contributed by atoms with Gasteiger partial charge >= 0.3 is 0 Å². The third kappa shape index (κ3) is 3.23. The van der Waals surface area contributed by atoms with Gasteiger partial charge in [0.15, 0.2) is 0 Å². The van der Waals surface area contributed by atoms with Crippen LogP contribution in [0.1, 0.15) is 24.0 Å². The van der Waals surface area contributed by atoms with Gasteiger partial charge in [-0.3, -0.25) is 0 Å². The van der Waals surface area contributed by atoms with E-state index >= 15 is 0 Å². The van der Waals surface area contributed by atoms with Gasteiger partial charge in [-0.2, -0.15) is 0 Å². The summed E-state index contributed by atoms with van der Waals surface area (Å²) in [6.45, 7) is 3.59. The zero-order chi connectivity index (χ0) is 14.8. The first kappa shape index (κ1) is 14.7. The molecular weight excluding hydrogens is 281 g/mol. The lowest BCUT2D eigenvalue weighted by Gasteiger charge is -2.06. The Morgan fingerprint density at radius 1 is 1.40 bits per heavy atom. The van der Waals surface area contributed by atoms with E-state index in [1.165, 1.54) is 12.1 Å². The van der Waals surface area contributed by atoms with Crippen LogP contribution in [0.4, 0.5) is 4.39 Å². The monoisotopic (exact) mass is 297 g/mol. The molecule has 0 spiro atoms. The highest BCUT2D eigenvalue weighted by Gasteiger charge is 2.15. The SMILES string of the molecule is CCc1cnc(CNS(=O)(=O)c2ccc(C)c(F)c2)[nH]1. The number of hydrogen-bond donors (Lipinski definition) is 2. The number of nitrogens with one attached hydrogen (secondary N) is 2. The van der Waals surface area contributed by atoms with Gasteiger partial charge in [0.1, 0.15) is 11.6 Å². The maximum Gasteiger partial charge on any atom is 0.241 e. The number of aromatic amines is 1. The molecule has 0 saturated heterocycles. The number of aromatic nitrogens is 2. The van der Waals surface area contributed by atoms with Crippen LogP contribution >= 0.6 is 0 Å². The number of halogens is 1. The second kappa shape index (κ2) is 5.72. The molecule has 7 heteroatoms. The molecule has 1 aromatic carbocycles. The Kier molecular flexibility index (Phi) is 4.20. The molecule has 1 heterocycles. The third-order valence-corrected chi connectivity index (χ3v) is 4.34. The molecular formula is C13H16FN3O2S. The van der Waals surface area contributed by atoms with Crippen molar-refractivity contribution in [1.82, 2.24) is 14.7 Å². The van der Waals surface area contributed by atoms with Crippen molar-refractivity contribution < 1.29 is 12.8 Å². The van der Waals surface area contributed by atoms with Crippen LogP contribution in [0.25, 0.3) is 0 Å². The zero-order valence-electron chi connectivity index (χ0n) is 11.3. The van der Waals surface area contributed by atoms with Gasteiger partial charge in [-0.25, -0.2) is 22.5 Å². The predicted molar refractivity (Wildman–Crippen MR) is 73.1 cm³/mol. The van der Waals surface area contributed by atoms with Crippen LogP contribution in [0.5, 0.6) is 0 Å². The summed E-state index contributed by atoms with van der Waals surface area (Å²) in [7, 11) is -3.75. The molecule has 0 bridgehead atoms. The Hall–Kier alpha value is -1.73. The van der Waals surface area contributed by atoms with Gasteiger partial charge in [-0.15, -0.1) is 0 Å². The maximum atomic E-state index is 13.4. The molecule has 0 saturated carbocycles. The molecule has 0 aliphatic heterocycles. The Balaban J connectivity index is 2.12.